The molecular formula is C18H16F3N3O5S. The van der Waals surface area contributed by atoms with Gasteiger partial charge in [-0.25, -0.2) is 0 Å². The van der Waals surface area contributed by atoms with Crippen molar-refractivity contribution in [2.24, 2.45) is 0 Å². The summed E-state index contributed by atoms with van der Waals surface area (Å²) >= 11 is 1.25. The van der Waals surface area contributed by atoms with Crippen LogP contribution in [0.25, 0.3) is 0 Å². The van der Waals surface area contributed by atoms with Gasteiger partial charge in [0.25, 0.3) is 17.3 Å². The van der Waals surface area contributed by atoms with Gasteiger partial charge in [-0.05, 0) is 24.6 Å². The Kier molecular flexibility index (Phi) is 7.03. The summed E-state index contributed by atoms with van der Waals surface area (Å²) in [5, 5.41) is 24.0. The molecule has 0 spiro atoms. The number of non-ortho nitro benzene ring substituents is 2. The highest BCUT2D eigenvalue weighted by molar-refractivity contribution is 7.99. The van der Waals surface area contributed by atoms with Gasteiger partial charge < -0.3 is 5.32 Å². The maximum atomic E-state index is 13.5. The zero-order valence-electron chi connectivity index (χ0n) is 15.7. The lowest BCUT2D eigenvalue weighted by Crippen LogP contribution is -2.17. The standard InChI is InChI=1S/C18H16F3N3O5S/c1-3-10(2)30-14-4-5-16(15(9-14)18(19,20)21)22-17(25)11-6-12(23(26)27)8-13(7-11)24(28)29/h4-10H,3H2,1-2H3,(H,22,25). The Labute approximate surface area is 172 Å². The van der Waals surface area contributed by atoms with Crippen molar-refractivity contribution in [1.82, 2.24) is 0 Å². The van der Waals surface area contributed by atoms with E-state index in [1.165, 1.54) is 17.8 Å². The maximum absolute atomic E-state index is 13.5. The molecule has 1 atom stereocenters. The van der Waals surface area contributed by atoms with E-state index in [0.717, 1.165) is 30.7 Å². The van der Waals surface area contributed by atoms with Gasteiger partial charge in [0, 0.05) is 22.3 Å². The fourth-order valence-corrected chi connectivity index (χ4v) is 3.35. The molecule has 0 saturated heterocycles. The molecule has 0 fully saturated rings. The molecule has 12 heteroatoms. The number of nitro groups is 2. The minimum atomic E-state index is -4.77. The van der Waals surface area contributed by atoms with E-state index < -0.39 is 50.1 Å². The van der Waals surface area contributed by atoms with Crippen molar-refractivity contribution in [1.29, 1.82) is 0 Å². The Morgan fingerprint density at radius 1 is 1.10 bits per heavy atom. The third-order valence-electron chi connectivity index (χ3n) is 4.04. The van der Waals surface area contributed by atoms with Gasteiger partial charge in [0.05, 0.1) is 32.7 Å². The van der Waals surface area contributed by atoms with Crippen LogP contribution in [0.3, 0.4) is 0 Å². The number of carbonyl (C=O) groups is 1. The monoisotopic (exact) mass is 443 g/mol. The Hall–Kier alpha value is -3.15. The van der Waals surface area contributed by atoms with Crippen molar-refractivity contribution in [2.75, 3.05) is 5.32 Å². The van der Waals surface area contributed by atoms with Gasteiger partial charge in [0.1, 0.15) is 0 Å². The van der Waals surface area contributed by atoms with Crippen molar-refractivity contribution in [3.63, 3.8) is 0 Å². The molecule has 0 aliphatic heterocycles. The summed E-state index contributed by atoms with van der Waals surface area (Å²) in [5.74, 6) is -1.14. The van der Waals surface area contributed by atoms with Crippen LogP contribution in [0.1, 0.15) is 36.2 Å². The van der Waals surface area contributed by atoms with Gasteiger partial charge in [0.2, 0.25) is 0 Å². The molecule has 2 aromatic rings. The normalized spacial score (nSPS) is 12.3. The minimum Gasteiger partial charge on any atom is -0.321 e. The zero-order chi connectivity index (χ0) is 22.6. The van der Waals surface area contributed by atoms with Crippen molar-refractivity contribution >= 4 is 34.7 Å². The molecule has 2 rings (SSSR count). The number of rotatable bonds is 7. The van der Waals surface area contributed by atoms with Crippen LogP contribution in [0.2, 0.25) is 0 Å². The second-order valence-electron chi connectivity index (χ2n) is 6.25. The van der Waals surface area contributed by atoms with Gasteiger partial charge in [-0.2, -0.15) is 13.2 Å². The smallest absolute Gasteiger partial charge is 0.321 e. The number of hydrogen-bond donors (Lipinski definition) is 1. The van der Waals surface area contributed by atoms with Crippen LogP contribution in [-0.2, 0) is 6.18 Å². The number of halogens is 3. The first kappa shape index (κ1) is 23.1. The molecule has 2 aromatic carbocycles. The van der Waals surface area contributed by atoms with Crippen LogP contribution < -0.4 is 5.32 Å². The number of alkyl halides is 3. The molecule has 0 aliphatic rings. The van der Waals surface area contributed by atoms with Crippen LogP contribution in [0.15, 0.2) is 41.3 Å². The molecule has 0 aliphatic carbocycles. The molecule has 0 aromatic heterocycles. The van der Waals surface area contributed by atoms with Crippen molar-refractivity contribution in [3.8, 4) is 0 Å². The number of amides is 1. The summed E-state index contributed by atoms with van der Waals surface area (Å²) in [7, 11) is 0. The van der Waals surface area contributed by atoms with Gasteiger partial charge in [-0.1, -0.05) is 13.8 Å². The van der Waals surface area contributed by atoms with E-state index in [1.54, 1.807) is 0 Å². The topological polar surface area (TPSA) is 115 Å². The molecule has 1 unspecified atom stereocenters. The number of anilines is 1. The number of nitro benzene ring substituents is 2. The predicted molar refractivity (Wildman–Crippen MR) is 105 cm³/mol. The number of nitrogens with zero attached hydrogens (tertiary/aromatic N) is 2. The highest BCUT2D eigenvalue weighted by atomic mass is 32.2. The average molecular weight is 443 g/mol. The van der Waals surface area contributed by atoms with E-state index >= 15 is 0 Å². The van der Waals surface area contributed by atoms with E-state index in [0.29, 0.717) is 11.0 Å². The Bertz CT molecular complexity index is 965. The quantitative estimate of drug-likeness (QED) is 0.335. The van der Waals surface area contributed by atoms with Gasteiger partial charge in [-0.3, -0.25) is 25.0 Å². The van der Waals surface area contributed by atoms with Crippen LogP contribution in [0, 0.1) is 20.2 Å². The van der Waals surface area contributed by atoms with E-state index in [1.807, 2.05) is 19.2 Å². The third-order valence-corrected chi connectivity index (χ3v) is 5.30. The largest absolute Gasteiger partial charge is 0.418 e. The summed E-state index contributed by atoms with van der Waals surface area (Å²) in [4.78, 5) is 32.8. The molecule has 0 bridgehead atoms. The lowest BCUT2D eigenvalue weighted by Gasteiger charge is -2.16. The van der Waals surface area contributed by atoms with Crippen LogP contribution >= 0.6 is 11.8 Å². The average Bonchev–Trinajstić information content (AvgIpc) is 2.67. The second kappa shape index (κ2) is 9.11. The summed E-state index contributed by atoms with van der Waals surface area (Å²) < 4.78 is 40.5. The molecule has 0 radical (unpaired) electrons. The van der Waals surface area contributed by atoms with E-state index in [-0.39, 0.29) is 5.25 Å². The first-order valence-corrected chi connectivity index (χ1v) is 9.43. The second-order valence-corrected chi connectivity index (χ2v) is 7.76. The molecule has 30 heavy (non-hydrogen) atoms. The highest BCUT2D eigenvalue weighted by Gasteiger charge is 2.34. The lowest BCUT2D eigenvalue weighted by molar-refractivity contribution is -0.394. The molecule has 0 heterocycles. The fourth-order valence-electron chi connectivity index (χ4n) is 2.39. The van der Waals surface area contributed by atoms with Crippen LogP contribution in [0.4, 0.5) is 30.2 Å². The first-order valence-electron chi connectivity index (χ1n) is 8.55. The predicted octanol–water partition coefficient (Wildman–Crippen LogP) is 5.66. The molecule has 0 saturated carbocycles. The highest BCUT2D eigenvalue weighted by Crippen LogP contribution is 2.38. The molecular weight excluding hydrogens is 427 g/mol. The zero-order valence-corrected chi connectivity index (χ0v) is 16.5. The number of carbonyl (C=O) groups excluding carboxylic acids is 1. The van der Waals surface area contributed by atoms with Crippen molar-refractivity contribution in [3.05, 3.63) is 67.8 Å². The van der Waals surface area contributed by atoms with Gasteiger partial charge >= 0.3 is 6.18 Å². The van der Waals surface area contributed by atoms with Gasteiger partial charge in [-0.15, -0.1) is 11.8 Å². The summed E-state index contributed by atoms with van der Waals surface area (Å²) in [6, 6.07) is 5.56. The summed E-state index contributed by atoms with van der Waals surface area (Å²) in [5.41, 5.74) is -3.63. The Balaban J connectivity index is 2.43. The van der Waals surface area contributed by atoms with E-state index in [2.05, 4.69) is 0 Å². The lowest BCUT2D eigenvalue weighted by atomic mass is 10.1. The third kappa shape index (κ3) is 5.69. The number of thioether (sulfide) groups is 1. The van der Waals surface area contributed by atoms with Crippen molar-refractivity contribution in [2.45, 2.75) is 36.6 Å². The van der Waals surface area contributed by atoms with E-state index in [4.69, 9.17) is 0 Å². The number of benzene rings is 2. The molecule has 1 amide bonds. The number of nitrogens with one attached hydrogen (secondary N) is 1. The van der Waals surface area contributed by atoms with Crippen LogP contribution in [-0.4, -0.2) is 21.0 Å². The van der Waals surface area contributed by atoms with Crippen LogP contribution in [0.5, 0.6) is 0 Å². The van der Waals surface area contributed by atoms with Crippen molar-refractivity contribution < 1.29 is 27.8 Å². The maximum Gasteiger partial charge on any atom is 0.418 e. The SMILES string of the molecule is CCC(C)Sc1ccc(NC(=O)c2cc([N+](=O)[O-])cc([N+](=O)[O-])c2)c(C(F)(F)F)c1. The van der Waals surface area contributed by atoms with Gasteiger partial charge in [0.15, 0.2) is 0 Å². The van der Waals surface area contributed by atoms with E-state index in [9.17, 15) is 38.2 Å². The first-order chi connectivity index (χ1) is 13.9. The Morgan fingerprint density at radius 2 is 1.67 bits per heavy atom. The Morgan fingerprint density at radius 3 is 2.13 bits per heavy atom. The minimum absolute atomic E-state index is 0.0805. The molecule has 1 N–H and O–H groups in total. The summed E-state index contributed by atoms with van der Waals surface area (Å²) in [6.45, 7) is 3.76. The molecule has 160 valence electrons. The summed E-state index contributed by atoms with van der Waals surface area (Å²) in [6.07, 6.45) is -4.03. The number of hydrogen-bond acceptors (Lipinski definition) is 6. The fraction of sp³-hybridized carbons (Fsp3) is 0.278. The molecule has 8 nitrogen and oxygen atoms in total.